The topological polar surface area (TPSA) is 117 Å². The molecule has 1 unspecified atom stereocenters. The molecule has 0 bridgehead atoms. The summed E-state index contributed by atoms with van der Waals surface area (Å²) in [5.41, 5.74) is 0.953. The maximum Gasteiger partial charge on any atom is 0.322 e. The zero-order chi connectivity index (χ0) is 21.5. The summed E-state index contributed by atoms with van der Waals surface area (Å²) in [5, 5.41) is 7.60. The van der Waals surface area contributed by atoms with Crippen LogP contribution in [0.15, 0.2) is 42.5 Å². The molecule has 0 aliphatic carbocycles. The Morgan fingerprint density at radius 2 is 1.90 bits per heavy atom. The summed E-state index contributed by atoms with van der Waals surface area (Å²) in [5.74, 6) is -0.351. The van der Waals surface area contributed by atoms with Crippen molar-refractivity contribution < 1.29 is 23.9 Å². The molecule has 0 radical (unpaired) electrons. The van der Waals surface area contributed by atoms with Gasteiger partial charge in [-0.05, 0) is 41.5 Å². The first kappa shape index (κ1) is 19.4. The Labute approximate surface area is 172 Å². The number of benzene rings is 2. The number of methoxy groups -OCH3 is 1. The van der Waals surface area contributed by atoms with E-state index >= 15 is 0 Å². The molecule has 2 heterocycles. The zero-order valence-corrected chi connectivity index (χ0v) is 16.4. The molecule has 2 aromatic rings. The number of hydrogen-bond acceptors (Lipinski definition) is 5. The Morgan fingerprint density at radius 3 is 2.50 bits per heavy atom. The highest BCUT2D eigenvalue weighted by Gasteiger charge is 2.50. The predicted octanol–water partition coefficient (Wildman–Crippen LogP) is 1.34. The van der Waals surface area contributed by atoms with Crippen LogP contribution >= 0.6 is 0 Å². The van der Waals surface area contributed by atoms with Gasteiger partial charge in [0.15, 0.2) is 5.54 Å². The Morgan fingerprint density at radius 1 is 1.17 bits per heavy atom. The third-order valence-electron chi connectivity index (χ3n) is 5.26. The summed E-state index contributed by atoms with van der Waals surface area (Å²) in [6, 6.07) is 11.1. The van der Waals surface area contributed by atoms with Gasteiger partial charge in [0.2, 0.25) is 5.91 Å². The van der Waals surface area contributed by atoms with Gasteiger partial charge in [-0.25, -0.2) is 4.79 Å². The van der Waals surface area contributed by atoms with E-state index in [-0.39, 0.29) is 18.4 Å². The Kier molecular flexibility index (Phi) is 4.65. The van der Waals surface area contributed by atoms with Gasteiger partial charge in [-0.3, -0.25) is 19.7 Å². The number of ether oxygens (including phenoxy) is 1. The van der Waals surface area contributed by atoms with Gasteiger partial charge in [0.05, 0.1) is 13.7 Å². The Bertz CT molecular complexity index is 1070. The van der Waals surface area contributed by atoms with Gasteiger partial charge < -0.3 is 20.3 Å². The number of amides is 5. The fourth-order valence-corrected chi connectivity index (χ4v) is 3.84. The van der Waals surface area contributed by atoms with E-state index in [1.165, 1.54) is 11.8 Å². The molecule has 9 nitrogen and oxygen atoms in total. The second-order valence-electron chi connectivity index (χ2n) is 7.26. The van der Waals surface area contributed by atoms with Crippen LogP contribution in [-0.4, -0.2) is 42.3 Å². The van der Waals surface area contributed by atoms with E-state index in [1.807, 2.05) is 0 Å². The zero-order valence-electron chi connectivity index (χ0n) is 16.4. The van der Waals surface area contributed by atoms with Crippen LogP contribution in [-0.2, 0) is 21.7 Å². The lowest BCUT2D eigenvalue weighted by Gasteiger charge is -2.31. The fraction of sp³-hybridized carbons (Fsp3) is 0.238. The van der Waals surface area contributed by atoms with Crippen LogP contribution in [0.1, 0.15) is 28.4 Å². The molecule has 3 N–H and O–H groups in total. The first-order valence-electron chi connectivity index (χ1n) is 9.30. The summed E-state index contributed by atoms with van der Waals surface area (Å²) in [6.45, 7) is 1.64. The van der Waals surface area contributed by atoms with Crippen molar-refractivity contribution in [1.82, 2.24) is 15.5 Å². The molecule has 9 heteroatoms. The standard InChI is InChI=1S/C21H20N4O5/c1-12(26)22-15-5-3-14(4-6-15)21(19(28)23-20(29)24-21)11-25-10-13-9-16(30-2)7-8-17(13)18(25)27/h3-9H,10-11H2,1-2H3,(H,22,26)(H2,23,24,28,29). The van der Waals surface area contributed by atoms with Crippen molar-refractivity contribution in [2.75, 3.05) is 19.0 Å². The van der Waals surface area contributed by atoms with Crippen molar-refractivity contribution in [2.24, 2.45) is 0 Å². The number of fused-ring (bicyclic) bond motifs is 1. The van der Waals surface area contributed by atoms with Gasteiger partial charge in [-0.15, -0.1) is 0 Å². The van der Waals surface area contributed by atoms with E-state index < -0.39 is 17.5 Å². The van der Waals surface area contributed by atoms with Gasteiger partial charge in [0.25, 0.3) is 11.8 Å². The Hall–Kier alpha value is -3.88. The molecule has 4 rings (SSSR count). The molecule has 5 amide bonds. The SMILES string of the molecule is COc1ccc2c(c1)CN(CC1(c3ccc(NC(C)=O)cc3)NC(=O)NC1=O)C2=O. The van der Waals surface area contributed by atoms with Crippen LogP contribution in [0.25, 0.3) is 0 Å². The average molecular weight is 408 g/mol. The Balaban J connectivity index is 1.66. The molecule has 2 aromatic carbocycles. The van der Waals surface area contributed by atoms with Gasteiger partial charge in [0, 0.05) is 24.7 Å². The van der Waals surface area contributed by atoms with Crippen molar-refractivity contribution >= 4 is 29.4 Å². The lowest BCUT2D eigenvalue weighted by molar-refractivity contribution is -0.124. The van der Waals surface area contributed by atoms with Gasteiger partial charge in [-0.2, -0.15) is 0 Å². The molecule has 1 fully saturated rings. The van der Waals surface area contributed by atoms with E-state index in [9.17, 15) is 19.2 Å². The third kappa shape index (κ3) is 3.24. The monoisotopic (exact) mass is 408 g/mol. The number of carbonyl (C=O) groups is 4. The molecule has 0 spiro atoms. The summed E-state index contributed by atoms with van der Waals surface area (Å²) in [6.07, 6.45) is 0. The van der Waals surface area contributed by atoms with Crippen molar-refractivity contribution in [3.05, 3.63) is 59.2 Å². The molecule has 30 heavy (non-hydrogen) atoms. The van der Waals surface area contributed by atoms with E-state index in [1.54, 1.807) is 49.6 Å². The number of nitrogens with one attached hydrogen (secondary N) is 3. The lowest BCUT2D eigenvalue weighted by Crippen LogP contribution is -2.52. The quantitative estimate of drug-likeness (QED) is 0.646. The minimum absolute atomic E-state index is 0.0418. The van der Waals surface area contributed by atoms with E-state index in [0.717, 1.165) is 5.56 Å². The first-order valence-corrected chi connectivity index (χ1v) is 9.30. The van der Waals surface area contributed by atoms with Crippen molar-refractivity contribution in [3.63, 3.8) is 0 Å². The summed E-state index contributed by atoms with van der Waals surface area (Å²) in [4.78, 5) is 50.5. The summed E-state index contributed by atoms with van der Waals surface area (Å²) < 4.78 is 5.22. The summed E-state index contributed by atoms with van der Waals surface area (Å²) in [7, 11) is 1.55. The van der Waals surface area contributed by atoms with Crippen LogP contribution in [0, 0.1) is 0 Å². The van der Waals surface area contributed by atoms with E-state index in [2.05, 4.69) is 16.0 Å². The average Bonchev–Trinajstić information content (AvgIpc) is 3.17. The molecule has 1 saturated heterocycles. The molecular weight excluding hydrogens is 388 g/mol. The van der Waals surface area contributed by atoms with Crippen LogP contribution in [0.3, 0.4) is 0 Å². The molecular formula is C21H20N4O5. The second-order valence-corrected chi connectivity index (χ2v) is 7.26. The number of imide groups is 1. The molecule has 0 saturated carbocycles. The fourth-order valence-electron chi connectivity index (χ4n) is 3.84. The maximum atomic E-state index is 12.9. The van der Waals surface area contributed by atoms with Gasteiger partial charge in [-0.1, -0.05) is 12.1 Å². The highest BCUT2D eigenvalue weighted by atomic mass is 16.5. The molecule has 154 valence electrons. The van der Waals surface area contributed by atoms with Crippen molar-refractivity contribution in [3.8, 4) is 5.75 Å². The minimum atomic E-state index is -1.44. The highest BCUT2D eigenvalue weighted by molar-refractivity contribution is 6.08. The van der Waals surface area contributed by atoms with Crippen LogP contribution < -0.4 is 20.7 Å². The number of rotatable bonds is 5. The minimum Gasteiger partial charge on any atom is -0.497 e. The van der Waals surface area contributed by atoms with Gasteiger partial charge >= 0.3 is 6.03 Å². The largest absolute Gasteiger partial charge is 0.497 e. The number of hydrogen-bond donors (Lipinski definition) is 3. The third-order valence-corrected chi connectivity index (χ3v) is 5.26. The first-order chi connectivity index (χ1) is 14.3. The maximum absolute atomic E-state index is 12.9. The molecule has 2 aliphatic heterocycles. The van der Waals surface area contributed by atoms with Crippen LogP contribution in [0.4, 0.5) is 10.5 Å². The van der Waals surface area contributed by atoms with Crippen LogP contribution in [0.5, 0.6) is 5.75 Å². The predicted molar refractivity (Wildman–Crippen MR) is 107 cm³/mol. The van der Waals surface area contributed by atoms with Crippen molar-refractivity contribution in [1.29, 1.82) is 0 Å². The molecule has 2 aliphatic rings. The number of anilines is 1. The number of urea groups is 1. The molecule has 1 atom stereocenters. The smallest absolute Gasteiger partial charge is 0.322 e. The second kappa shape index (κ2) is 7.18. The summed E-state index contributed by atoms with van der Waals surface area (Å²) >= 11 is 0. The van der Waals surface area contributed by atoms with Crippen LogP contribution in [0.2, 0.25) is 0 Å². The van der Waals surface area contributed by atoms with Crippen molar-refractivity contribution in [2.45, 2.75) is 19.0 Å². The number of nitrogens with zero attached hydrogens (tertiary/aromatic N) is 1. The molecule has 0 aromatic heterocycles. The lowest BCUT2D eigenvalue weighted by atomic mass is 9.89. The highest BCUT2D eigenvalue weighted by Crippen LogP contribution is 2.32. The normalized spacial score (nSPS) is 19.9. The van der Waals surface area contributed by atoms with E-state index in [0.29, 0.717) is 29.1 Å². The van der Waals surface area contributed by atoms with Gasteiger partial charge in [0.1, 0.15) is 5.75 Å². The number of carbonyl (C=O) groups excluding carboxylic acids is 4. The van der Waals surface area contributed by atoms with E-state index in [4.69, 9.17) is 4.74 Å².